The van der Waals surface area contributed by atoms with Gasteiger partial charge in [-0.2, -0.15) is 0 Å². The van der Waals surface area contributed by atoms with E-state index in [1.54, 1.807) is 0 Å². The summed E-state index contributed by atoms with van der Waals surface area (Å²) in [4.78, 5) is 24.1. The van der Waals surface area contributed by atoms with Crippen molar-refractivity contribution in [1.82, 2.24) is 0 Å². The molecule has 4 heteroatoms. The monoisotopic (exact) mass is 262 g/mol. The maximum Gasteiger partial charge on any atom is 0.334 e. The number of hydrogen-bond acceptors (Lipinski definition) is 4. The van der Waals surface area contributed by atoms with Crippen LogP contribution in [0.15, 0.2) is 23.8 Å². The Bertz CT molecular complexity index is 546. The molecule has 3 aliphatic carbocycles. The third-order valence-corrected chi connectivity index (χ3v) is 5.75. The Morgan fingerprint density at radius 3 is 2.47 bits per heavy atom. The van der Waals surface area contributed by atoms with Gasteiger partial charge in [-0.05, 0) is 6.42 Å². The number of methoxy groups -OCH3 is 2. The SMILES string of the molecule is CC[C@]12C=CC3(C(=O)OC)C(C=C1C(=O)OC)[C@@]32C. The van der Waals surface area contributed by atoms with E-state index in [1.807, 2.05) is 25.2 Å². The van der Waals surface area contributed by atoms with Gasteiger partial charge in [-0.3, -0.25) is 4.79 Å². The molecule has 4 atom stereocenters. The minimum Gasteiger partial charge on any atom is -0.468 e. The molecule has 0 amide bonds. The summed E-state index contributed by atoms with van der Waals surface area (Å²) in [5.41, 5.74) is -0.544. The Labute approximate surface area is 112 Å². The highest BCUT2D eigenvalue weighted by Crippen LogP contribution is 2.87. The number of hydrogen-bond donors (Lipinski definition) is 0. The fourth-order valence-corrected chi connectivity index (χ4v) is 4.65. The average molecular weight is 262 g/mol. The topological polar surface area (TPSA) is 52.6 Å². The molecule has 102 valence electrons. The zero-order chi connectivity index (χ0) is 14.1. The van der Waals surface area contributed by atoms with E-state index in [0.717, 1.165) is 6.42 Å². The second-order valence-corrected chi connectivity index (χ2v) is 5.77. The van der Waals surface area contributed by atoms with E-state index in [4.69, 9.17) is 9.47 Å². The number of allylic oxidation sites excluding steroid dienone is 2. The summed E-state index contributed by atoms with van der Waals surface area (Å²) < 4.78 is 9.86. The number of esters is 2. The zero-order valence-corrected chi connectivity index (χ0v) is 11.6. The number of carbonyl (C=O) groups excluding carboxylic acids is 2. The van der Waals surface area contributed by atoms with Crippen LogP contribution in [0.5, 0.6) is 0 Å². The zero-order valence-electron chi connectivity index (χ0n) is 11.6. The van der Waals surface area contributed by atoms with Crippen LogP contribution in [0.2, 0.25) is 0 Å². The van der Waals surface area contributed by atoms with Crippen molar-refractivity contribution >= 4 is 11.9 Å². The van der Waals surface area contributed by atoms with Gasteiger partial charge in [-0.15, -0.1) is 0 Å². The molecule has 0 spiro atoms. The Morgan fingerprint density at radius 1 is 1.26 bits per heavy atom. The summed E-state index contributed by atoms with van der Waals surface area (Å²) in [6.07, 6.45) is 6.65. The molecular weight excluding hydrogens is 244 g/mol. The predicted molar refractivity (Wildman–Crippen MR) is 68.0 cm³/mol. The highest BCUT2D eigenvalue weighted by Gasteiger charge is 2.88. The van der Waals surface area contributed by atoms with Crippen LogP contribution < -0.4 is 0 Å². The molecule has 1 fully saturated rings. The number of rotatable bonds is 3. The number of ether oxygens (including phenoxy) is 2. The number of carbonyl (C=O) groups is 2. The molecular formula is C15H18O4. The van der Waals surface area contributed by atoms with E-state index in [0.29, 0.717) is 5.57 Å². The van der Waals surface area contributed by atoms with Crippen molar-refractivity contribution in [3.05, 3.63) is 23.8 Å². The smallest absolute Gasteiger partial charge is 0.334 e. The minimum absolute atomic E-state index is 0.0477. The van der Waals surface area contributed by atoms with E-state index < -0.39 is 5.41 Å². The van der Waals surface area contributed by atoms with E-state index in [-0.39, 0.29) is 28.7 Å². The third kappa shape index (κ3) is 0.935. The maximum absolute atomic E-state index is 12.2. The number of fused-ring (bicyclic) bond motifs is 1. The van der Waals surface area contributed by atoms with E-state index in [1.165, 1.54) is 14.2 Å². The van der Waals surface area contributed by atoms with Gasteiger partial charge in [-0.25, -0.2) is 4.79 Å². The highest BCUT2D eigenvalue weighted by atomic mass is 16.5. The van der Waals surface area contributed by atoms with Crippen molar-refractivity contribution < 1.29 is 19.1 Å². The Morgan fingerprint density at radius 2 is 1.95 bits per heavy atom. The molecule has 0 aliphatic heterocycles. The first-order valence-corrected chi connectivity index (χ1v) is 6.55. The first kappa shape index (κ1) is 12.5. The van der Waals surface area contributed by atoms with Crippen LogP contribution in [0.1, 0.15) is 20.3 Å². The second-order valence-electron chi connectivity index (χ2n) is 5.77. The molecule has 0 aromatic rings. The summed E-state index contributed by atoms with van der Waals surface area (Å²) in [7, 11) is 2.81. The van der Waals surface area contributed by atoms with Crippen molar-refractivity contribution in [3.8, 4) is 0 Å². The van der Waals surface area contributed by atoms with E-state index >= 15 is 0 Å². The van der Waals surface area contributed by atoms with Gasteiger partial charge in [0.1, 0.15) is 0 Å². The minimum atomic E-state index is -0.574. The van der Waals surface area contributed by atoms with Gasteiger partial charge in [0.15, 0.2) is 0 Å². The molecule has 0 radical (unpaired) electrons. The van der Waals surface area contributed by atoms with Crippen LogP contribution in [-0.2, 0) is 19.1 Å². The molecule has 0 bridgehead atoms. The summed E-state index contributed by atoms with van der Waals surface area (Å²) >= 11 is 0. The van der Waals surface area contributed by atoms with E-state index in [9.17, 15) is 9.59 Å². The Balaban J connectivity index is 2.13. The normalized spacial score (nSPS) is 44.6. The summed E-state index contributed by atoms with van der Waals surface area (Å²) in [6.45, 7) is 4.12. The van der Waals surface area contributed by atoms with Gasteiger partial charge in [0, 0.05) is 22.3 Å². The molecule has 1 saturated carbocycles. The fourth-order valence-electron chi connectivity index (χ4n) is 4.65. The van der Waals surface area contributed by atoms with Crippen molar-refractivity contribution in [1.29, 1.82) is 0 Å². The van der Waals surface area contributed by atoms with Gasteiger partial charge in [-0.1, -0.05) is 32.1 Å². The van der Waals surface area contributed by atoms with Gasteiger partial charge < -0.3 is 9.47 Å². The molecule has 19 heavy (non-hydrogen) atoms. The lowest BCUT2D eigenvalue weighted by atomic mass is 9.68. The van der Waals surface area contributed by atoms with Gasteiger partial charge >= 0.3 is 11.9 Å². The van der Waals surface area contributed by atoms with Gasteiger partial charge in [0.2, 0.25) is 0 Å². The Kier molecular flexibility index (Phi) is 2.16. The Hall–Kier alpha value is -1.58. The quantitative estimate of drug-likeness (QED) is 0.575. The van der Waals surface area contributed by atoms with Gasteiger partial charge in [0.05, 0.1) is 19.6 Å². The highest BCUT2D eigenvalue weighted by molar-refractivity contribution is 5.98. The molecule has 3 aliphatic rings. The largest absolute Gasteiger partial charge is 0.468 e. The molecule has 0 heterocycles. The predicted octanol–water partition coefficient (Wildman–Crippen LogP) is 1.86. The maximum atomic E-state index is 12.2. The van der Waals surface area contributed by atoms with Crippen LogP contribution in [0.4, 0.5) is 0 Å². The summed E-state index contributed by atoms with van der Waals surface area (Å²) in [5, 5.41) is 0. The summed E-state index contributed by atoms with van der Waals surface area (Å²) in [6, 6.07) is 0. The van der Waals surface area contributed by atoms with Crippen LogP contribution >= 0.6 is 0 Å². The summed E-state index contributed by atoms with van der Waals surface area (Å²) in [5.74, 6) is -0.446. The molecule has 3 rings (SSSR count). The van der Waals surface area contributed by atoms with E-state index in [2.05, 4.69) is 6.92 Å². The average Bonchev–Trinajstić information content (AvgIpc) is 2.78. The molecule has 4 nitrogen and oxygen atoms in total. The standard InChI is InChI=1S/C15H18O4/c1-5-14-6-7-15(12(17)19-4)10(13(14,15)2)8-9(14)11(16)18-3/h6-8,10H,5H2,1-4H3/t10?,13-,14+,15?/m1/s1. The third-order valence-electron chi connectivity index (χ3n) is 5.75. The molecule has 0 aromatic carbocycles. The first-order valence-electron chi connectivity index (χ1n) is 6.55. The van der Waals surface area contributed by atoms with Crippen LogP contribution in [0, 0.1) is 22.2 Å². The molecule has 0 aromatic heterocycles. The van der Waals surface area contributed by atoms with Crippen LogP contribution in [0.3, 0.4) is 0 Å². The molecule has 0 N–H and O–H groups in total. The van der Waals surface area contributed by atoms with Crippen molar-refractivity contribution in [2.24, 2.45) is 22.2 Å². The van der Waals surface area contributed by atoms with Crippen LogP contribution in [-0.4, -0.2) is 26.2 Å². The fraction of sp³-hybridized carbons (Fsp3) is 0.600. The molecule has 2 unspecified atom stereocenters. The van der Waals surface area contributed by atoms with Crippen molar-refractivity contribution in [2.45, 2.75) is 20.3 Å². The van der Waals surface area contributed by atoms with Crippen LogP contribution in [0.25, 0.3) is 0 Å². The van der Waals surface area contributed by atoms with Crippen molar-refractivity contribution in [3.63, 3.8) is 0 Å². The first-order chi connectivity index (χ1) is 8.96. The van der Waals surface area contributed by atoms with Gasteiger partial charge in [0.25, 0.3) is 0 Å². The lowest BCUT2D eigenvalue weighted by Gasteiger charge is -2.33. The second kappa shape index (κ2) is 3.30. The van der Waals surface area contributed by atoms with Crippen molar-refractivity contribution in [2.75, 3.05) is 14.2 Å². The lowest BCUT2D eigenvalue weighted by molar-refractivity contribution is -0.147. The molecule has 0 saturated heterocycles. The lowest BCUT2D eigenvalue weighted by Crippen LogP contribution is -2.34.